The van der Waals surface area contributed by atoms with Crippen molar-refractivity contribution in [1.82, 2.24) is 0 Å². The van der Waals surface area contributed by atoms with Crippen molar-refractivity contribution in [2.24, 2.45) is 5.92 Å². The van der Waals surface area contributed by atoms with Gasteiger partial charge in [-0.05, 0) is 25.5 Å². The fourth-order valence-corrected chi connectivity index (χ4v) is 1.20. The van der Waals surface area contributed by atoms with Crippen molar-refractivity contribution in [2.45, 2.75) is 13.8 Å². The molecule has 0 aliphatic rings. The minimum atomic E-state index is -0.760. The Kier molecular flexibility index (Phi) is 3.78. The van der Waals surface area contributed by atoms with Gasteiger partial charge in [0.15, 0.2) is 0 Å². The Morgan fingerprint density at radius 1 is 1.59 bits per heavy atom. The summed E-state index contributed by atoms with van der Waals surface area (Å²) in [6, 6.07) is 5.94. The van der Waals surface area contributed by atoms with Gasteiger partial charge in [0.05, 0.1) is 11.0 Å². The van der Waals surface area contributed by atoms with Gasteiger partial charge in [-0.25, -0.2) is 0 Å². The number of benzene rings is 1. The summed E-state index contributed by atoms with van der Waals surface area (Å²) < 4.78 is 0. The Balaban J connectivity index is 2.91. The van der Waals surface area contributed by atoms with Gasteiger partial charge < -0.3 is 5.32 Å². The predicted molar refractivity (Wildman–Crippen MR) is 61.2 cm³/mol. The van der Waals surface area contributed by atoms with Crippen molar-refractivity contribution in [1.29, 1.82) is 5.26 Å². The van der Waals surface area contributed by atoms with Crippen LogP contribution in [0, 0.1) is 34.3 Å². The molecule has 0 saturated carbocycles. The number of carbonyl (C=O) groups is 1. The van der Waals surface area contributed by atoms with E-state index in [2.05, 4.69) is 5.32 Å². The van der Waals surface area contributed by atoms with Crippen LogP contribution in [0.15, 0.2) is 18.2 Å². The Morgan fingerprint density at radius 2 is 2.24 bits per heavy atom. The van der Waals surface area contributed by atoms with Gasteiger partial charge in [0, 0.05) is 17.8 Å². The number of hydrogen-bond acceptors (Lipinski definition) is 4. The van der Waals surface area contributed by atoms with Crippen LogP contribution in [-0.4, -0.2) is 10.8 Å². The lowest BCUT2D eigenvalue weighted by molar-refractivity contribution is -0.384. The van der Waals surface area contributed by atoms with E-state index >= 15 is 0 Å². The largest absolute Gasteiger partial charge is 0.325 e. The number of anilines is 1. The second kappa shape index (κ2) is 5.07. The summed E-state index contributed by atoms with van der Waals surface area (Å²) in [7, 11) is 0. The van der Waals surface area contributed by atoms with Crippen LogP contribution in [0.5, 0.6) is 0 Å². The quantitative estimate of drug-likeness (QED) is 0.637. The lowest BCUT2D eigenvalue weighted by Crippen LogP contribution is -2.19. The predicted octanol–water partition coefficient (Wildman–Crippen LogP) is 2.00. The number of nitro groups is 1. The van der Waals surface area contributed by atoms with Gasteiger partial charge in [0.25, 0.3) is 5.69 Å². The molecule has 6 heteroatoms. The van der Waals surface area contributed by atoms with Gasteiger partial charge in [-0.1, -0.05) is 0 Å². The first-order valence-corrected chi connectivity index (χ1v) is 4.91. The molecule has 0 radical (unpaired) electrons. The Bertz CT molecular complexity index is 505. The summed E-state index contributed by atoms with van der Waals surface area (Å²) in [5.41, 5.74) is 1.02. The Morgan fingerprint density at radius 3 is 2.71 bits per heavy atom. The van der Waals surface area contributed by atoms with E-state index in [9.17, 15) is 14.9 Å². The third-order valence-corrected chi connectivity index (χ3v) is 2.27. The van der Waals surface area contributed by atoms with E-state index in [1.54, 1.807) is 6.92 Å². The molecule has 88 valence electrons. The van der Waals surface area contributed by atoms with Crippen LogP contribution < -0.4 is 5.32 Å². The number of carbonyl (C=O) groups excluding carboxylic acids is 1. The third kappa shape index (κ3) is 3.01. The summed E-state index contributed by atoms with van der Waals surface area (Å²) in [6.07, 6.45) is 0. The van der Waals surface area contributed by atoms with E-state index in [1.807, 2.05) is 6.07 Å². The number of nitrogens with one attached hydrogen (secondary N) is 1. The van der Waals surface area contributed by atoms with Crippen molar-refractivity contribution in [3.05, 3.63) is 33.9 Å². The molecule has 0 heterocycles. The van der Waals surface area contributed by atoms with E-state index in [-0.39, 0.29) is 5.69 Å². The molecular weight excluding hydrogens is 222 g/mol. The average molecular weight is 233 g/mol. The third-order valence-electron chi connectivity index (χ3n) is 2.27. The Labute approximate surface area is 98.0 Å². The number of amides is 1. The molecule has 0 aliphatic carbocycles. The minimum Gasteiger partial charge on any atom is -0.325 e. The maximum atomic E-state index is 11.4. The fourth-order valence-electron chi connectivity index (χ4n) is 1.20. The smallest absolute Gasteiger partial charge is 0.269 e. The highest BCUT2D eigenvalue weighted by Crippen LogP contribution is 2.21. The van der Waals surface area contributed by atoms with Crippen LogP contribution in [0.1, 0.15) is 12.5 Å². The number of aryl methyl sites for hydroxylation is 1. The molecule has 0 aromatic heterocycles. The van der Waals surface area contributed by atoms with E-state index in [1.165, 1.54) is 25.1 Å². The highest BCUT2D eigenvalue weighted by Gasteiger charge is 2.14. The summed E-state index contributed by atoms with van der Waals surface area (Å²) in [5, 5.41) is 21.6. The maximum Gasteiger partial charge on any atom is 0.269 e. The molecule has 0 saturated heterocycles. The Hall–Kier alpha value is -2.42. The van der Waals surface area contributed by atoms with Crippen molar-refractivity contribution in [2.75, 3.05) is 5.32 Å². The lowest BCUT2D eigenvalue weighted by atomic mass is 10.1. The molecular formula is C11H11N3O3. The number of nitrogens with zero attached hydrogens (tertiary/aromatic N) is 2. The van der Waals surface area contributed by atoms with Gasteiger partial charge in [0.2, 0.25) is 5.91 Å². The van der Waals surface area contributed by atoms with Crippen molar-refractivity contribution >= 4 is 17.3 Å². The summed E-state index contributed by atoms with van der Waals surface area (Å²) in [5.74, 6) is -1.19. The van der Waals surface area contributed by atoms with E-state index in [0.29, 0.717) is 11.3 Å². The van der Waals surface area contributed by atoms with Gasteiger partial charge in [-0.3, -0.25) is 14.9 Å². The molecule has 0 aliphatic heterocycles. The number of non-ortho nitro benzene ring substituents is 1. The molecule has 0 bridgehead atoms. The average Bonchev–Trinajstić information content (AvgIpc) is 2.30. The van der Waals surface area contributed by atoms with Crippen LogP contribution in [0.3, 0.4) is 0 Å². The highest BCUT2D eigenvalue weighted by atomic mass is 16.6. The second-order valence-electron chi connectivity index (χ2n) is 3.60. The number of nitriles is 1. The highest BCUT2D eigenvalue weighted by molar-refractivity contribution is 5.94. The van der Waals surface area contributed by atoms with Crippen molar-refractivity contribution in [3.63, 3.8) is 0 Å². The van der Waals surface area contributed by atoms with E-state index in [4.69, 9.17) is 5.26 Å². The molecule has 1 aromatic carbocycles. The zero-order valence-electron chi connectivity index (χ0n) is 9.43. The van der Waals surface area contributed by atoms with E-state index < -0.39 is 16.7 Å². The number of nitro benzene ring substituents is 1. The number of hydrogen-bond donors (Lipinski definition) is 1. The minimum absolute atomic E-state index is 0.0335. The first kappa shape index (κ1) is 12.6. The summed E-state index contributed by atoms with van der Waals surface area (Å²) in [6.45, 7) is 3.13. The fraction of sp³-hybridized carbons (Fsp3) is 0.273. The maximum absolute atomic E-state index is 11.4. The molecule has 6 nitrogen and oxygen atoms in total. The van der Waals surface area contributed by atoms with Gasteiger partial charge in [-0.15, -0.1) is 0 Å². The monoisotopic (exact) mass is 233 g/mol. The molecule has 0 spiro atoms. The molecule has 1 rings (SSSR count). The lowest BCUT2D eigenvalue weighted by Gasteiger charge is -2.08. The topological polar surface area (TPSA) is 96.0 Å². The van der Waals surface area contributed by atoms with Crippen LogP contribution >= 0.6 is 0 Å². The van der Waals surface area contributed by atoms with Crippen molar-refractivity contribution < 1.29 is 9.72 Å². The second-order valence-corrected chi connectivity index (χ2v) is 3.60. The number of rotatable bonds is 3. The summed E-state index contributed by atoms with van der Waals surface area (Å²) in [4.78, 5) is 21.5. The molecule has 1 atom stereocenters. The first-order valence-electron chi connectivity index (χ1n) is 4.91. The zero-order chi connectivity index (χ0) is 13.0. The van der Waals surface area contributed by atoms with Gasteiger partial charge in [-0.2, -0.15) is 5.26 Å². The molecule has 0 fully saturated rings. The molecule has 17 heavy (non-hydrogen) atoms. The van der Waals surface area contributed by atoms with Crippen LogP contribution in [0.4, 0.5) is 11.4 Å². The van der Waals surface area contributed by atoms with Crippen LogP contribution in [-0.2, 0) is 4.79 Å². The van der Waals surface area contributed by atoms with E-state index in [0.717, 1.165) is 0 Å². The first-order chi connectivity index (χ1) is 7.95. The summed E-state index contributed by atoms with van der Waals surface area (Å²) >= 11 is 0. The normalized spacial score (nSPS) is 11.4. The van der Waals surface area contributed by atoms with Crippen LogP contribution in [0.25, 0.3) is 0 Å². The molecule has 1 aromatic rings. The molecule has 1 unspecified atom stereocenters. The molecule has 1 N–H and O–H groups in total. The van der Waals surface area contributed by atoms with Crippen LogP contribution in [0.2, 0.25) is 0 Å². The molecule has 1 amide bonds. The van der Waals surface area contributed by atoms with Gasteiger partial charge in [0.1, 0.15) is 5.92 Å². The SMILES string of the molecule is Cc1cc([N+](=O)[O-])ccc1NC(=O)C(C)C#N. The van der Waals surface area contributed by atoms with Crippen molar-refractivity contribution in [3.8, 4) is 6.07 Å². The van der Waals surface area contributed by atoms with Gasteiger partial charge >= 0.3 is 0 Å². The standard InChI is InChI=1S/C11H11N3O3/c1-7-5-9(14(16)17)3-4-10(7)13-11(15)8(2)6-12/h3-5,8H,1-2H3,(H,13,15). The zero-order valence-corrected chi connectivity index (χ0v) is 9.43.